The van der Waals surface area contributed by atoms with E-state index in [2.05, 4.69) is 10.7 Å². The molecule has 0 heterocycles. The molecule has 0 aromatic rings. The summed E-state index contributed by atoms with van der Waals surface area (Å²) in [5.41, 5.74) is 18.9. The Hall–Kier alpha value is -1.30. The van der Waals surface area contributed by atoms with Crippen molar-refractivity contribution in [2.75, 3.05) is 6.54 Å². The summed E-state index contributed by atoms with van der Waals surface area (Å²) in [7, 11) is 0. The lowest BCUT2D eigenvalue weighted by Crippen LogP contribution is -2.78. The monoisotopic (exact) mass is 175 g/mol. The van der Waals surface area contributed by atoms with Crippen molar-refractivity contribution in [3.63, 3.8) is 0 Å². The minimum Gasteiger partial charge on any atom is -0.365 e. The summed E-state index contributed by atoms with van der Waals surface area (Å²) < 4.78 is 0. The summed E-state index contributed by atoms with van der Waals surface area (Å²) in [5.74, 6) is -0.186. The predicted octanol–water partition coefficient (Wildman–Crippen LogP) is -4.78. The lowest BCUT2D eigenvalue weighted by molar-refractivity contribution is -0.463. The number of carbonyl (C=O) groups is 1. The SMILES string of the molecule is NC(=O)C([NH3+])CCC[NH+]=C(N)N. The molecule has 70 valence electrons. The molecule has 12 heavy (non-hydrogen) atoms. The van der Waals surface area contributed by atoms with E-state index in [4.69, 9.17) is 17.2 Å². The van der Waals surface area contributed by atoms with Gasteiger partial charge >= 0.3 is 5.96 Å². The van der Waals surface area contributed by atoms with Gasteiger partial charge in [-0.05, 0) is 6.42 Å². The third-order valence-electron chi connectivity index (χ3n) is 1.46. The van der Waals surface area contributed by atoms with E-state index in [0.29, 0.717) is 13.0 Å². The molecule has 0 rings (SSSR count). The van der Waals surface area contributed by atoms with Crippen molar-refractivity contribution in [1.82, 2.24) is 0 Å². The summed E-state index contributed by atoms with van der Waals surface area (Å²) in [6, 6.07) is -0.328. The van der Waals surface area contributed by atoms with Gasteiger partial charge in [-0.1, -0.05) is 0 Å². The second kappa shape index (κ2) is 5.36. The fourth-order valence-corrected chi connectivity index (χ4v) is 0.723. The molecule has 0 spiro atoms. The Morgan fingerprint density at radius 1 is 1.42 bits per heavy atom. The Morgan fingerprint density at radius 3 is 2.42 bits per heavy atom. The molecule has 6 nitrogen and oxygen atoms in total. The van der Waals surface area contributed by atoms with Crippen LogP contribution in [0, 0.1) is 0 Å². The first kappa shape index (κ1) is 10.7. The predicted molar refractivity (Wildman–Crippen MR) is 44.3 cm³/mol. The van der Waals surface area contributed by atoms with Crippen LogP contribution >= 0.6 is 0 Å². The molecular weight excluding hydrogens is 158 g/mol. The quantitative estimate of drug-likeness (QED) is 0.163. The summed E-state index contributed by atoms with van der Waals surface area (Å²) in [4.78, 5) is 13.2. The Bertz CT molecular complexity index is 175. The number of nitrogens with one attached hydrogen (secondary N) is 1. The average molecular weight is 175 g/mol. The highest BCUT2D eigenvalue weighted by Crippen LogP contribution is 1.87. The molecule has 0 aliphatic carbocycles. The van der Waals surface area contributed by atoms with Crippen LogP contribution in [0.1, 0.15) is 12.8 Å². The van der Waals surface area contributed by atoms with E-state index < -0.39 is 0 Å². The minimum atomic E-state index is -0.375. The normalized spacial score (nSPS) is 12.1. The molecule has 0 aromatic carbocycles. The maximum absolute atomic E-state index is 10.5. The third kappa shape index (κ3) is 5.48. The van der Waals surface area contributed by atoms with Crippen molar-refractivity contribution >= 4 is 11.9 Å². The number of quaternary nitrogens is 1. The minimum absolute atomic E-state index is 0.190. The summed E-state index contributed by atoms with van der Waals surface area (Å²) in [6.45, 7) is 0.641. The lowest BCUT2D eigenvalue weighted by Gasteiger charge is -2.00. The maximum Gasteiger partial charge on any atom is 0.338 e. The van der Waals surface area contributed by atoms with Gasteiger partial charge in [-0.15, -0.1) is 0 Å². The zero-order valence-corrected chi connectivity index (χ0v) is 7.05. The molecule has 1 atom stereocenters. The van der Waals surface area contributed by atoms with Gasteiger partial charge in [0.05, 0.1) is 6.54 Å². The van der Waals surface area contributed by atoms with Crippen molar-refractivity contribution < 1.29 is 15.5 Å². The number of nitrogens with two attached hydrogens (primary N) is 3. The van der Waals surface area contributed by atoms with Crippen LogP contribution < -0.4 is 27.9 Å². The Kier molecular flexibility index (Phi) is 4.78. The van der Waals surface area contributed by atoms with Crippen molar-refractivity contribution in [1.29, 1.82) is 0 Å². The number of carbonyl (C=O) groups excluding carboxylic acids is 1. The second-order valence-corrected chi connectivity index (χ2v) is 2.62. The molecule has 6 heteroatoms. The summed E-state index contributed by atoms with van der Waals surface area (Å²) in [6.07, 6.45) is 1.42. The van der Waals surface area contributed by atoms with E-state index >= 15 is 0 Å². The number of hydrogen-bond acceptors (Lipinski definition) is 1. The molecule has 10 N–H and O–H groups in total. The lowest BCUT2D eigenvalue weighted by atomic mass is 10.1. The second-order valence-electron chi connectivity index (χ2n) is 2.62. The van der Waals surface area contributed by atoms with Crippen LogP contribution in [0.2, 0.25) is 0 Å². The van der Waals surface area contributed by atoms with E-state index in [1.807, 2.05) is 0 Å². The fourth-order valence-electron chi connectivity index (χ4n) is 0.723. The first-order valence-corrected chi connectivity index (χ1v) is 3.78. The van der Waals surface area contributed by atoms with Crippen molar-refractivity contribution in [2.45, 2.75) is 18.9 Å². The molecule has 0 saturated heterocycles. The van der Waals surface area contributed by atoms with Gasteiger partial charge in [0.15, 0.2) is 6.04 Å². The van der Waals surface area contributed by atoms with Crippen LogP contribution in [-0.2, 0) is 4.79 Å². The largest absolute Gasteiger partial charge is 0.365 e. The van der Waals surface area contributed by atoms with E-state index in [9.17, 15) is 4.79 Å². The van der Waals surface area contributed by atoms with E-state index in [0.717, 1.165) is 6.42 Å². The van der Waals surface area contributed by atoms with Crippen LogP contribution in [0.4, 0.5) is 0 Å². The number of hydrogen-bond donors (Lipinski definition) is 5. The highest BCUT2D eigenvalue weighted by Gasteiger charge is 2.11. The Morgan fingerprint density at radius 2 is 2.00 bits per heavy atom. The zero-order valence-electron chi connectivity index (χ0n) is 7.05. The zero-order chi connectivity index (χ0) is 9.56. The van der Waals surface area contributed by atoms with Gasteiger partial charge in [0.2, 0.25) is 0 Å². The molecule has 1 amide bonds. The maximum atomic E-state index is 10.5. The van der Waals surface area contributed by atoms with Crippen molar-refractivity contribution in [2.24, 2.45) is 17.2 Å². The number of primary amides is 1. The van der Waals surface area contributed by atoms with Crippen LogP contribution in [0.3, 0.4) is 0 Å². The Labute approximate surface area is 71.0 Å². The molecule has 0 aliphatic heterocycles. The fraction of sp³-hybridized carbons (Fsp3) is 0.667. The molecule has 0 fully saturated rings. The van der Waals surface area contributed by atoms with Gasteiger partial charge in [0.1, 0.15) is 0 Å². The molecule has 1 unspecified atom stereocenters. The summed E-state index contributed by atoms with van der Waals surface area (Å²) in [5, 5.41) is 0. The van der Waals surface area contributed by atoms with Gasteiger partial charge in [0.25, 0.3) is 5.91 Å². The van der Waals surface area contributed by atoms with Crippen molar-refractivity contribution in [3.8, 4) is 0 Å². The average Bonchev–Trinajstić information content (AvgIpc) is 1.97. The number of rotatable bonds is 5. The third-order valence-corrected chi connectivity index (χ3v) is 1.46. The number of amides is 1. The molecule has 0 saturated carbocycles. The molecular formula is C6H17N5O+2. The van der Waals surface area contributed by atoms with Gasteiger partial charge in [-0.25, -0.2) is 0 Å². The van der Waals surface area contributed by atoms with Gasteiger partial charge in [-0.3, -0.25) is 21.3 Å². The van der Waals surface area contributed by atoms with Gasteiger partial charge < -0.3 is 11.5 Å². The molecule has 0 radical (unpaired) electrons. The van der Waals surface area contributed by atoms with E-state index in [1.165, 1.54) is 0 Å². The summed E-state index contributed by atoms with van der Waals surface area (Å²) >= 11 is 0. The Balaban J connectivity index is 3.44. The first-order chi connectivity index (χ1) is 5.54. The molecule has 0 aliphatic rings. The van der Waals surface area contributed by atoms with E-state index in [1.54, 1.807) is 0 Å². The molecule has 0 aromatic heterocycles. The van der Waals surface area contributed by atoms with Gasteiger partial charge in [-0.2, -0.15) is 0 Å². The van der Waals surface area contributed by atoms with Crippen molar-refractivity contribution in [3.05, 3.63) is 0 Å². The topological polar surface area (TPSA) is 137 Å². The number of guanidine groups is 1. The van der Waals surface area contributed by atoms with E-state index in [-0.39, 0.29) is 17.9 Å². The van der Waals surface area contributed by atoms with Crippen LogP contribution in [-0.4, -0.2) is 24.5 Å². The highest BCUT2D eigenvalue weighted by molar-refractivity contribution is 5.78. The van der Waals surface area contributed by atoms with Crippen LogP contribution in [0.25, 0.3) is 0 Å². The van der Waals surface area contributed by atoms with Gasteiger partial charge in [0, 0.05) is 6.42 Å². The van der Waals surface area contributed by atoms with Crippen LogP contribution in [0.5, 0.6) is 0 Å². The first-order valence-electron chi connectivity index (χ1n) is 3.78. The van der Waals surface area contributed by atoms with Crippen LogP contribution in [0.15, 0.2) is 0 Å². The standard InChI is InChI=1S/C6H15N5O/c7-4(5(8)12)2-1-3-11-6(9)10/h4H,1-3,7H2,(H2,8,12)(H4,9,10,11)/p+2. The highest BCUT2D eigenvalue weighted by atomic mass is 16.1. The molecule has 0 bridgehead atoms. The smallest absolute Gasteiger partial charge is 0.338 e.